The average Bonchev–Trinajstić information content (AvgIpc) is 3.38. The summed E-state index contributed by atoms with van der Waals surface area (Å²) >= 11 is 0. The van der Waals surface area contributed by atoms with E-state index >= 15 is 0 Å². The Kier molecular flexibility index (Phi) is 6.87. The van der Waals surface area contributed by atoms with E-state index in [9.17, 15) is 10.1 Å². The van der Waals surface area contributed by atoms with Crippen LogP contribution in [0.1, 0.15) is 34.5 Å². The Labute approximate surface area is 231 Å². The summed E-state index contributed by atoms with van der Waals surface area (Å²) in [5.74, 6) is 0.824. The number of nitrogen functional groups attached to an aromatic ring is 1. The molecule has 0 aliphatic carbocycles. The van der Waals surface area contributed by atoms with Gasteiger partial charge in [0, 0.05) is 50.0 Å². The fourth-order valence-corrected chi connectivity index (χ4v) is 5.12. The van der Waals surface area contributed by atoms with Gasteiger partial charge in [-0.3, -0.25) is 14.3 Å². The number of anilines is 1. The second kappa shape index (κ2) is 10.9. The van der Waals surface area contributed by atoms with Crippen LogP contribution in [0.2, 0.25) is 0 Å². The molecule has 1 aliphatic heterocycles. The quantitative estimate of drug-likeness (QED) is 0.339. The van der Waals surface area contributed by atoms with E-state index in [0.29, 0.717) is 11.6 Å². The molecule has 0 bridgehead atoms. The topological polar surface area (TPSA) is 139 Å². The summed E-state index contributed by atoms with van der Waals surface area (Å²) in [5.41, 5.74) is 11.1. The van der Waals surface area contributed by atoms with Gasteiger partial charge in [0.15, 0.2) is 11.5 Å². The number of aromatic nitrogens is 5. The molecule has 10 nitrogen and oxygen atoms in total. The number of amides is 1. The van der Waals surface area contributed by atoms with E-state index in [1.807, 2.05) is 34.9 Å². The number of nitriles is 1. The van der Waals surface area contributed by atoms with Crippen LogP contribution in [0.15, 0.2) is 79.3 Å². The fraction of sp³-hybridized carbons (Fsp3) is 0.200. The Hall–Kier alpha value is -5.14. The first-order chi connectivity index (χ1) is 19.6. The normalized spacial score (nSPS) is 14.2. The van der Waals surface area contributed by atoms with Gasteiger partial charge in [0.2, 0.25) is 0 Å². The summed E-state index contributed by atoms with van der Waals surface area (Å²) in [6.07, 6.45) is 6.63. The number of nitrogens with one attached hydrogen (secondary N) is 1. The zero-order valence-electron chi connectivity index (χ0n) is 21.7. The Balaban J connectivity index is 1.14. The smallest absolute Gasteiger partial charge is 0.271 e. The monoisotopic (exact) mass is 529 g/mol. The highest BCUT2D eigenvalue weighted by Gasteiger charge is 2.23. The minimum Gasteiger partial charge on any atom is -0.383 e. The molecule has 1 saturated heterocycles. The first-order valence-electron chi connectivity index (χ1n) is 13.1. The molecule has 0 saturated carbocycles. The molecule has 1 fully saturated rings. The van der Waals surface area contributed by atoms with Gasteiger partial charge in [0.05, 0.1) is 11.1 Å². The van der Waals surface area contributed by atoms with Gasteiger partial charge in [0.1, 0.15) is 23.1 Å². The van der Waals surface area contributed by atoms with Crippen molar-refractivity contribution in [3.8, 4) is 23.1 Å². The molecule has 198 valence electrons. The van der Waals surface area contributed by atoms with Crippen molar-refractivity contribution >= 4 is 22.9 Å². The van der Waals surface area contributed by atoms with Crippen LogP contribution in [-0.4, -0.2) is 54.4 Å². The number of rotatable bonds is 6. The highest BCUT2D eigenvalue weighted by molar-refractivity contribution is 5.94. The second-order valence-corrected chi connectivity index (χ2v) is 9.75. The van der Waals surface area contributed by atoms with E-state index in [0.717, 1.165) is 54.9 Å². The molecule has 1 amide bonds. The minimum atomic E-state index is -0.292. The van der Waals surface area contributed by atoms with Crippen LogP contribution in [-0.2, 0) is 6.54 Å². The van der Waals surface area contributed by atoms with Crippen LogP contribution < -0.4 is 11.1 Å². The Morgan fingerprint density at radius 3 is 2.48 bits per heavy atom. The molecular weight excluding hydrogens is 502 g/mol. The van der Waals surface area contributed by atoms with E-state index < -0.39 is 0 Å². The molecule has 4 aromatic heterocycles. The van der Waals surface area contributed by atoms with Crippen molar-refractivity contribution in [1.82, 2.24) is 34.7 Å². The molecule has 5 aromatic rings. The number of pyridine rings is 3. The van der Waals surface area contributed by atoms with E-state index in [2.05, 4.69) is 49.4 Å². The van der Waals surface area contributed by atoms with Crippen molar-refractivity contribution in [2.45, 2.75) is 25.4 Å². The Morgan fingerprint density at radius 2 is 1.70 bits per heavy atom. The molecule has 5 heterocycles. The first-order valence-corrected chi connectivity index (χ1v) is 13.1. The van der Waals surface area contributed by atoms with Crippen LogP contribution in [0.4, 0.5) is 5.82 Å². The lowest BCUT2D eigenvalue weighted by molar-refractivity contribution is 0.0903. The van der Waals surface area contributed by atoms with Crippen LogP contribution in [0.3, 0.4) is 0 Å². The zero-order chi connectivity index (χ0) is 27.5. The van der Waals surface area contributed by atoms with Crippen molar-refractivity contribution in [3.63, 3.8) is 0 Å². The van der Waals surface area contributed by atoms with Crippen molar-refractivity contribution < 1.29 is 4.79 Å². The minimum absolute atomic E-state index is 0.0556. The molecule has 10 heteroatoms. The van der Waals surface area contributed by atoms with Crippen LogP contribution >= 0.6 is 0 Å². The number of fused-ring (bicyclic) bond motifs is 1. The van der Waals surface area contributed by atoms with Gasteiger partial charge in [-0.2, -0.15) is 5.26 Å². The van der Waals surface area contributed by atoms with Crippen molar-refractivity contribution in [2.24, 2.45) is 0 Å². The number of carbonyl (C=O) groups is 1. The summed E-state index contributed by atoms with van der Waals surface area (Å²) in [7, 11) is 0. The summed E-state index contributed by atoms with van der Waals surface area (Å²) in [6.45, 7) is 2.53. The lowest BCUT2D eigenvalue weighted by Gasteiger charge is -2.32. The van der Waals surface area contributed by atoms with Gasteiger partial charge in [-0.15, -0.1) is 0 Å². The van der Waals surface area contributed by atoms with E-state index in [-0.39, 0.29) is 23.2 Å². The number of nitrogens with two attached hydrogens (primary N) is 1. The SMILES string of the molecule is N#Cc1cccnc1C(=O)NC1CCN(Cc2ccc(-n3c(-c4cccnc4N)nc4cccnc43)cc2)CC1. The maximum absolute atomic E-state index is 12.6. The third-order valence-electron chi connectivity index (χ3n) is 7.16. The van der Waals surface area contributed by atoms with Gasteiger partial charge in [0.25, 0.3) is 5.91 Å². The van der Waals surface area contributed by atoms with Crippen LogP contribution in [0.25, 0.3) is 28.2 Å². The van der Waals surface area contributed by atoms with E-state index in [1.165, 1.54) is 11.8 Å². The lowest BCUT2D eigenvalue weighted by atomic mass is 10.0. The molecule has 1 aliphatic rings. The summed E-state index contributed by atoms with van der Waals surface area (Å²) in [4.78, 5) is 32.8. The number of carbonyl (C=O) groups excluding carboxylic acids is 1. The number of benzene rings is 1. The highest BCUT2D eigenvalue weighted by atomic mass is 16.1. The number of imidazole rings is 1. The molecule has 0 unspecified atom stereocenters. The number of likely N-dealkylation sites (tertiary alicyclic amines) is 1. The van der Waals surface area contributed by atoms with Gasteiger partial charge in [-0.25, -0.2) is 19.9 Å². The lowest BCUT2D eigenvalue weighted by Crippen LogP contribution is -2.44. The number of hydrogen-bond donors (Lipinski definition) is 2. The maximum Gasteiger partial charge on any atom is 0.271 e. The molecular formula is C30H27N9O. The third-order valence-corrected chi connectivity index (χ3v) is 7.16. The maximum atomic E-state index is 12.6. The van der Waals surface area contributed by atoms with Crippen molar-refractivity contribution in [3.05, 3.63) is 96.1 Å². The van der Waals surface area contributed by atoms with Gasteiger partial charge >= 0.3 is 0 Å². The zero-order valence-corrected chi connectivity index (χ0v) is 21.7. The molecule has 0 atom stereocenters. The van der Waals surface area contributed by atoms with Crippen LogP contribution in [0.5, 0.6) is 0 Å². The number of nitrogens with zero attached hydrogens (tertiary/aromatic N) is 7. The summed E-state index contributed by atoms with van der Waals surface area (Å²) in [6, 6.07) is 21.3. The first kappa shape index (κ1) is 25.2. The summed E-state index contributed by atoms with van der Waals surface area (Å²) in [5, 5.41) is 12.3. The predicted molar refractivity (Wildman–Crippen MR) is 151 cm³/mol. The van der Waals surface area contributed by atoms with Crippen molar-refractivity contribution in [2.75, 3.05) is 18.8 Å². The van der Waals surface area contributed by atoms with Crippen molar-refractivity contribution in [1.29, 1.82) is 5.26 Å². The summed E-state index contributed by atoms with van der Waals surface area (Å²) < 4.78 is 2.01. The standard InChI is InChI=1S/C30H27N9O/c31-18-21-4-1-13-33-26(21)30(40)36-22-11-16-38(17-12-22)19-20-7-9-23(10-8-20)39-28(24-5-2-14-34-27(24)32)37-25-6-3-15-35-29(25)39/h1-10,13-15,22H,11-12,16-17,19H2,(H2,32,34)(H,36,40). The molecule has 6 rings (SSSR count). The largest absolute Gasteiger partial charge is 0.383 e. The van der Waals surface area contributed by atoms with Gasteiger partial charge in [-0.05, 0) is 66.9 Å². The molecule has 1 aromatic carbocycles. The van der Waals surface area contributed by atoms with Crippen LogP contribution in [0, 0.1) is 11.3 Å². The Bertz CT molecular complexity index is 1710. The second-order valence-electron chi connectivity index (χ2n) is 9.75. The van der Waals surface area contributed by atoms with E-state index in [1.54, 1.807) is 24.5 Å². The number of piperidine rings is 1. The molecule has 0 spiro atoms. The predicted octanol–water partition coefficient (Wildman–Crippen LogP) is 3.73. The van der Waals surface area contributed by atoms with Gasteiger partial charge in [-0.1, -0.05) is 12.1 Å². The molecule has 40 heavy (non-hydrogen) atoms. The Morgan fingerprint density at radius 1 is 0.975 bits per heavy atom. The van der Waals surface area contributed by atoms with Gasteiger partial charge < -0.3 is 11.1 Å². The average molecular weight is 530 g/mol. The third kappa shape index (κ3) is 4.98. The molecule has 3 N–H and O–H groups in total. The van der Waals surface area contributed by atoms with E-state index in [4.69, 9.17) is 10.7 Å². The fourth-order valence-electron chi connectivity index (χ4n) is 5.12. The molecule has 0 radical (unpaired) electrons. The number of hydrogen-bond acceptors (Lipinski definition) is 8. The highest BCUT2D eigenvalue weighted by Crippen LogP contribution is 2.30.